The summed E-state index contributed by atoms with van der Waals surface area (Å²) in [5, 5.41) is 15.5. The summed E-state index contributed by atoms with van der Waals surface area (Å²) in [6.07, 6.45) is 1.49. The summed E-state index contributed by atoms with van der Waals surface area (Å²) in [7, 11) is 0. The van der Waals surface area contributed by atoms with E-state index in [0.29, 0.717) is 27.1 Å². The molecule has 1 amide bonds. The highest BCUT2D eigenvalue weighted by Gasteiger charge is 2.19. The summed E-state index contributed by atoms with van der Waals surface area (Å²) in [5.41, 5.74) is 2.74. The van der Waals surface area contributed by atoms with Crippen LogP contribution in [0, 0.1) is 6.92 Å². The van der Waals surface area contributed by atoms with E-state index in [0.717, 1.165) is 16.5 Å². The van der Waals surface area contributed by atoms with Gasteiger partial charge in [0.1, 0.15) is 11.2 Å². The lowest BCUT2D eigenvalue weighted by atomic mass is 9.99. The number of carbonyl (C=O) groups is 2. The third-order valence-electron chi connectivity index (χ3n) is 5.50. The van der Waals surface area contributed by atoms with E-state index in [9.17, 15) is 19.5 Å². The predicted molar refractivity (Wildman–Crippen MR) is 118 cm³/mol. The van der Waals surface area contributed by atoms with Gasteiger partial charge in [0.2, 0.25) is 5.91 Å². The smallest absolute Gasteiger partial charge is 0.340 e. The van der Waals surface area contributed by atoms with Crippen molar-refractivity contribution in [3.63, 3.8) is 0 Å². The maximum absolute atomic E-state index is 12.6. The zero-order chi connectivity index (χ0) is 23.0. The Morgan fingerprint density at radius 2 is 1.84 bits per heavy atom. The Bertz CT molecular complexity index is 1400. The lowest BCUT2D eigenvalue weighted by Crippen LogP contribution is -2.48. The lowest BCUT2D eigenvalue weighted by molar-refractivity contribution is -0.308. The molecule has 164 valence electrons. The van der Waals surface area contributed by atoms with Crippen LogP contribution < -0.4 is 16.0 Å². The number of nitrogens with one attached hydrogen (secondary N) is 1. The molecule has 0 unspecified atom stereocenters. The number of furan rings is 1. The van der Waals surface area contributed by atoms with Crippen molar-refractivity contribution in [1.82, 2.24) is 5.32 Å². The van der Waals surface area contributed by atoms with E-state index in [1.807, 2.05) is 18.2 Å². The van der Waals surface area contributed by atoms with Gasteiger partial charge in [-0.05, 0) is 42.7 Å². The standard InChI is InChI=1S/C24H20ClNO6/c1-3-19(23(28)29)26-22(27)9-16-12(2)15-8-17-18(13-4-6-14(25)7-5-13)11-31-20(17)10-21(15)32-24(16)30/h4-8,10-11,19H,3,9H2,1-2H3,(H,26,27)(H,28,29)/p-1/t19-/m0/s1. The van der Waals surface area contributed by atoms with Gasteiger partial charge >= 0.3 is 5.63 Å². The van der Waals surface area contributed by atoms with Crippen LogP contribution in [0.1, 0.15) is 24.5 Å². The number of aliphatic carboxylic acids is 1. The Balaban J connectivity index is 1.77. The van der Waals surface area contributed by atoms with Crippen molar-refractivity contribution in [1.29, 1.82) is 0 Å². The van der Waals surface area contributed by atoms with Crippen molar-refractivity contribution in [3.05, 3.63) is 69.2 Å². The first-order valence-electron chi connectivity index (χ1n) is 10.0. The van der Waals surface area contributed by atoms with Crippen LogP contribution in [-0.4, -0.2) is 17.9 Å². The Hall–Kier alpha value is -3.58. The van der Waals surface area contributed by atoms with Crippen LogP contribution in [0.2, 0.25) is 5.02 Å². The maximum Gasteiger partial charge on any atom is 0.340 e. The molecule has 0 spiro atoms. The maximum atomic E-state index is 12.6. The highest BCUT2D eigenvalue weighted by atomic mass is 35.5. The molecule has 0 radical (unpaired) electrons. The monoisotopic (exact) mass is 452 g/mol. The molecular formula is C24H19ClNO6-. The molecule has 32 heavy (non-hydrogen) atoms. The van der Waals surface area contributed by atoms with Crippen molar-refractivity contribution >= 4 is 45.4 Å². The fourth-order valence-electron chi connectivity index (χ4n) is 3.70. The second-order valence-electron chi connectivity index (χ2n) is 7.52. The number of benzene rings is 2. The minimum atomic E-state index is -1.37. The van der Waals surface area contributed by atoms with Crippen molar-refractivity contribution in [2.75, 3.05) is 0 Å². The Labute approximate surface area is 187 Å². The predicted octanol–water partition coefficient (Wildman–Crippen LogP) is 3.36. The molecule has 4 rings (SSSR count). The van der Waals surface area contributed by atoms with Crippen molar-refractivity contribution < 1.29 is 23.5 Å². The number of rotatable bonds is 6. The third kappa shape index (κ3) is 3.99. The number of halogens is 1. The van der Waals surface area contributed by atoms with E-state index in [1.165, 1.54) is 0 Å². The SMILES string of the molecule is CC[C@H](NC(=O)Cc1c(C)c2cc3c(-c4ccc(Cl)cc4)coc3cc2oc1=O)C(=O)[O-]. The molecule has 8 heteroatoms. The van der Waals surface area contributed by atoms with Crippen LogP contribution in [0.3, 0.4) is 0 Å². The highest BCUT2D eigenvalue weighted by molar-refractivity contribution is 6.30. The molecule has 1 atom stereocenters. The fraction of sp³-hybridized carbons (Fsp3) is 0.208. The molecule has 0 saturated carbocycles. The Morgan fingerprint density at radius 1 is 1.12 bits per heavy atom. The second-order valence-corrected chi connectivity index (χ2v) is 7.95. The van der Waals surface area contributed by atoms with Gasteiger partial charge in [0, 0.05) is 27.4 Å². The zero-order valence-corrected chi connectivity index (χ0v) is 18.1. The first-order chi connectivity index (χ1) is 15.3. The minimum Gasteiger partial charge on any atom is -0.548 e. The van der Waals surface area contributed by atoms with E-state index >= 15 is 0 Å². The molecule has 0 aliphatic carbocycles. The van der Waals surface area contributed by atoms with Crippen LogP contribution in [0.4, 0.5) is 0 Å². The summed E-state index contributed by atoms with van der Waals surface area (Å²) in [6.45, 7) is 3.34. The van der Waals surface area contributed by atoms with Gasteiger partial charge in [-0.15, -0.1) is 0 Å². The number of hydrogen-bond acceptors (Lipinski definition) is 6. The summed E-state index contributed by atoms with van der Waals surface area (Å²) < 4.78 is 11.1. The van der Waals surface area contributed by atoms with Gasteiger partial charge in [0.05, 0.1) is 30.3 Å². The Morgan fingerprint density at radius 3 is 2.50 bits per heavy atom. The van der Waals surface area contributed by atoms with E-state index in [4.69, 9.17) is 20.4 Å². The van der Waals surface area contributed by atoms with Gasteiger partial charge in [-0.1, -0.05) is 30.7 Å². The van der Waals surface area contributed by atoms with Crippen molar-refractivity contribution in [2.45, 2.75) is 32.7 Å². The normalized spacial score (nSPS) is 12.2. The minimum absolute atomic E-state index is 0.166. The van der Waals surface area contributed by atoms with Crippen LogP contribution >= 0.6 is 11.6 Å². The number of carboxylic acid groups (broad SMARTS) is 1. The van der Waals surface area contributed by atoms with Crippen molar-refractivity contribution in [3.8, 4) is 11.1 Å². The van der Waals surface area contributed by atoms with E-state index in [2.05, 4.69) is 5.32 Å². The second kappa shape index (κ2) is 8.51. The quantitative estimate of drug-likeness (QED) is 0.449. The van der Waals surface area contributed by atoms with Gasteiger partial charge in [0.15, 0.2) is 0 Å². The zero-order valence-electron chi connectivity index (χ0n) is 17.4. The molecule has 0 bridgehead atoms. The van der Waals surface area contributed by atoms with Gasteiger partial charge < -0.3 is 24.1 Å². The average molecular weight is 453 g/mol. The van der Waals surface area contributed by atoms with Crippen LogP contribution in [0.25, 0.3) is 33.1 Å². The largest absolute Gasteiger partial charge is 0.548 e. The summed E-state index contributed by atoms with van der Waals surface area (Å²) >= 11 is 5.99. The summed E-state index contributed by atoms with van der Waals surface area (Å²) in [5.74, 6) is -1.97. The Kier molecular flexibility index (Phi) is 5.76. The number of carboxylic acids is 1. The number of carbonyl (C=O) groups excluding carboxylic acids is 2. The van der Waals surface area contributed by atoms with Gasteiger partial charge in [-0.25, -0.2) is 4.79 Å². The first kappa shape index (κ1) is 21.6. The number of fused-ring (bicyclic) bond motifs is 2. The molecular weight excluding hydrogens is 434 g/mol. The summed E-state index contributed by atoms with van der Waals surface area (Å²) in [6, 6.07) is 9.71. The molecule has 0 fully saturated rings. The van der Waals surface area contributed by atoms with Crippen molar-refractivity contribution in [2.24, 2.45) is 0 Å². The molecule has 2 aromatic carbocycles. The number of amides is 1. The van der Waals surface area contributed by atoms with Gasteiger partial charge in [-0.3, -0.25) is 4.79 Å². The molecule has 7 nitrogen and oxygen atoms in total. The van der Waals surface area contributed by atoms with Crippen LogP contribution in [0.5, 0.6) is 0 Å². The molecule has 0 aliphatic rings. The molecule has 2 heterocycles. The average Bonchev–Trinajstić information content (AvgIpc) is 3.17. The fourth-order valence-corrected chi connectivity index (χ4v) is 3.83. The van der Waals surface area contributed by atoms with E-state index in [-0.39, 0.29) is 18.4 Å². The van der Waals surface area contributed by atoms with E-state index in [1.54, 1.807) is 38.3 Å². The molecule has 4 aromatic rings. The highest BCUT2D eigenvalue weighted by Crippen LogP contribution is 2.35. The van der Waals surface area contributed by atoms with Gasteiger partial charge in [-0.2, -0.15) is 0 Å². The molecule has 1 N–H and O–H groups in total. The number of aryl methyl sites for hydroxylation is 1. The lowest BCUT2D eigenvalue weighted by Gasteiger charge is -2.18. The molecule has 2 aromatic heterocycles. The van der Waals surface area contributed by atoms with Crippen LogP contribution in [0.15, 0.2) is 56.3 Å². The molecule has 0 aliphatic heterocycles. The van der Waals surface area contributed by atoms with E-state index < -0.39 is 23.5 Å². The first-order valence-corrected chi connectivity index (χ1v) is 10.4. The number of hydrogen-bond donors (Lipinski definition) is 1. The molecule has 0 saturated heterocycles. The van der Waals surface area contributed by atoms with Gasteiger partial charge in [0.25, 0.3) is 0 Å². The topological polar surface area (TPSA) is 113 Å². The summed E-state index contributed by atoms with van der Waals surface area (Å²) in [4.78, 5) is 36.0. The third-order valence-corrected chi connectivity index (χ3v) is 5.75. The van der Waals surface area contributed by atoms with Crippen LogP contribution in [-0.2, 0) is 16.0 Å².